The Bertz CT molecular complexity index is 1280. The minimum atomic E-state index is -5.12. The van der Waals surface area contributed by atoms with Crippen LogP contribution in [0.2, 0.25) is 0 Å². The van der Waals surface area contributed by atoms with Gasteiger partial charge in [0.2, 0.25) is 11.8 Å². The van der Waals surface area contributed by atoms with E-state index in [1.807, 2.05) is 0 Å². The summed E-state index contributed by atoms with van der Waals surface area (Å²) in [7, 11) is 0. The topological polar surface area (TPSA) is 132 Å². The van der Waals surface area contributed by atoms with Gasteiger partial charge in [0, 0.05) is 24.2 Å². The molecule has 0 spiro atoms. The van der Waals surface area contributed by atoms with E-state index < -0.39 is 47.3 Å². The van der Waals surface area contributed by atoms with Crippen LogP contribution < -0.4 is 15.4 Å². The molecular formula is C24H22F4N4O5. The third kappa shape index (κ3) is 5.65. The number of hydrogen-bond donors (Lipinski definition) is 4. The van der Waals surface area contributed by atoms with Crippen LogP contribution in [0, 0.1) is 17.1 Å². The fourth-order valence-electron chi connectivity index (χ4n) is 4.42. The number of nitrogens with one attached hydrogen (secondary N) is 3. The van der Waals surface area contributed by atoms with Crippen molar-refractivity contribution in [2.24, 2.45) is 5.92 Å². The number of nitrogens with zero attached hydrogens (tertiary/aromatic N) is 1. The number of fused-ring (bicyclic) bond motifs is 1. The van der Waals surface area contributed by atoms with Gasteiger partial charge in [-0.25, -0.2) is 4.39 Å². The highest BCUT2D eigenvalue weighted by Crippen LogP contribution is 2.48. The summed E-state index contributed by atoms with van der Waals surface area (Å²) >= 11 is 0. The Morgan fingerprint density at radius 1 is 1.16 bits per heavy atom. The summed E-state index contributed by atoms with van der Waals surface area (Å²) < 4.78 is 55.7. The number of rotatable bonds is 8. The summed E-state index contributed by atoms with van der Waals surface area (Å²) in [6.45, 7) is 0.884. The molecule has 2 amide bonds. The van der Waals surface area contributed by atoms with Crippen LogP contribution in [0.5, 0.6) is 11.5 Å². The molecule has 2 fully saturated rings. The Morgan fingerprint density at radius 2 is 1.89 bits per heavy atom. The van der Waals surface area contributed by atoms with Gasteiger partial charge >= 0.3 is 6.36 Å². The zero-order valence-electron chi connectivity index (χ0n) is 19.4. The molecule has 9 nitrogen and oxygen atoms in total. The maximum atomic E-state index is 14.5. The molecule has 0 bridgehead atoms. The van der Waals surface area contributed by atoms with Gasteiger partial charge in [-0.05, 0) is 49.1 Å². The molecule has 2 aromatic carbocycles. The van der Waals surface area contributed by atoms with E-state index in [4.69, 9.17) is 5.41 Å². The van der Waals surface area contributed by atoms with Crippen LogP contribution in [-0.2, 0) is 14.4 Å². The molecule has 1 saturated carbocycles. The summed E-state index contributed by atoms with van der Waals surface area (Å²) in [4.78, 5) is 39.0. The number of anilines is 2. The third-order valence-corrected chi connectivity index (χ3v) is 6.20. The SMILES string of the molecule is CC(=O)C(=N)c1cc(O)ccc1NCC(=O)N1C(C(=O)Nc2cccc(OC(F)(F)F)c2F)CC2CC21. The van der Waals surface area contributed by atoms with E-state index in [2.05, 4.69) is 15.4 Å². The number of Topliss-reactive ketones (excluding diaryl/α,β-unsaturated/α-hetero) is 1. The molecule has 4 N–H and O–H groups in total. The first-order chi connectivity index (χ1) is 17.4. The number of benzene rings is 2. The molecule has 1 aliphatic heterocycles. The van der Waals surface area contributed by atoms with E-state index >= 15 is 0 Å². The Balaban J connectivity index is 1.46. The number of carbonyl (C=O) groups excluding carboxylic acids is 3. The van der Waals surface area contributed by atoms with Crippen LogP contribution in [0.15, 0.2) is 36.4 Å². The van der Waals surface area contributed by atoms with Gasteiger partial charge in [0.15, 0.2) is 17.3 Å². The van der Waals surface area contributed by atoms with Crippen molar-refractivity contribution in [2.75, 3.05) is 17.2 Å². The van der Waals surface area contributed by atoms with Gasteiger partial charge < -0.3 is 25.4 Å². The molecular weight excluding hydrogens is 500 g/mol. The fourth-order valence-corrected chi connectivity index (χ4v) is 4.42. The van der Waals surface area contributed by atoms with Crippen molar-refractivity contribution < 1.29 is 41.8 Å². The second-order valence-corrected chi connectivity index (χ2v) is 8.79. The first-order valence-corrected chi connectivity index (χ1v) is 11.2. The van der Waals surface area contributed by atoms with Crippen LogP contribution >= 0.6 is 0 Å². The van der Waals surface area contributed by atoms with Crippen molar-refractivity contribution in [3.8, 4) is 11.5 Å². The first-order valence-electron chi connectivity index (χ1n) is 11.2. The smallest absolute Gasteiger partial charge is 0.508 e. The zero-order chi connectivity index (χ0) is 27.1. The number of alkyl halides is 3. The van der Waals surface area contributed by atoms with E-state index in [1.165, 1.54) is 30.0 Å². The van der Waals surface area contributed by atoms with Crippen LogP contribution in [0.25, 0.3) is 0 Å². The van der Waals surface area contributed by atoms with E-state index in [0.717, 1.165) is 18.2 Å². The minimum Gasteiger partial charge on any atom is -0.508 e. The van der Waals surface area contributed by atoms with Crippen molar-refractivity contribution in [2.45, 2.75) is 38.2 Å². The normalized spacial score (nSPS) is 20.1. The number of halogens is 4. The quantitative estimate of drug-likeness (QED) is 0.239. The maximum Gasteiger partial charge on any atom is 0.573 e. The minimum absolute atomic E-state index is 0.0690. The number of ketones is 1. The highest BCUT2D eigenvalue weighted by Gasteiger charge is 2.56. The molecule has 1 aliphatic carbocycles. The van der Waals surface area contributed by atoms with E-state index in [1.54, 1.807) is 0 Å². The van der Waals surface area contributed by atoms with E-state index in [9.17, 15) is 37.1 Å². The van der Waals surface area contributed by atoms with Crippen molar-refractivity contribution >= 4 is 34.7 Å². The number of aromatic hydroxyl groups is 1. The molecule has 196 valence electrons. The van der Waals surface area contributed by atoms with Crippen LogP contribution in [-0.4, -0.2) is 58.3 Å². The first kappa shape index (κ1) is 25.9. The summed E-state index contributed by atoms with van der Waals surface area (Å²) in [5, 5.41) is 22.7. The molecule has 0 radical (unpaired) electrons. The number of ether oxygens (including phenoxy) is 1. The summed E-state index contributed by atoms with van der Waals surface area (Å²) in [6.07, 6.45) is -4.13. The lowest BCUT2D eigenvalue weighted by atomic mass is 10.0. The lowest BCUT2D eigenvalue weighted by Gasteiger charge is -2.27. The molecule has 4 rings (SSSR count). The Kier molecular flexibility index (Phi) is 6.80. The van der Waals surface area contributed by atoms with E-state index in [0.29, 0.717) is 12.8 Å². The standard InChI is InChI=1S/C24H22F4N4O5/c1-11(33)22(29)14-9-13(34)5-6-15(14)30-10-20(35)32-17-7-12(17)8-18(32)23(36)31-16-3-2-4-19(21(16)25)37-24(26,27)28/h2-6,9,12,17-18,29-30,34H,7-8,10H2,1H3,(H,31,36). The van der Waals surface area contributed by atoms with Crippen LogP contribution in [0.4, 0.5) is 28.9 Å². The molecule has 2 aliphatic rings. The monoisotopic (exact) mass is 522 g/mol. The molecule has 13 heteroatoms. The van der Waals surface area contributed by atoms with E-state index in [-0.39, 0.29) is 41.2 Å². The van der Waals surface area contributed by atoms with Crippen molar-refractivity contribution in [1.82, 2.24) is 4.90 Å². The highest BCUT2D eigenvalue weighted by molar-refractivity contribution is 6.45. The molecule has 1 saturated heterocycles. The number of piperidine rings is 1. The predicted molar refractivity (Wildman–Crippen MR) is 123 cm³/mol. The third-order valence-electron chi connectivity index (χ3n) is 6.20. The van der Waals surface area contributed by atoms with Crippen LogP contribution in [0.1, 0.15) is 25.3 Å². The van der Waals surface area contributed by atoms with Gasteiger partial charge in [-0.3, -0.25) is 19.8 Å². The van der Waals surface area contributed by atoms with Crippen molar-refractivity contribution in [3.05, 3.63) is 47.8 Å². The average molecular weight is 522 g/mol. The van der Waals surface area contributed by atoms with Gasteiger partial charge in [0.1, 0.15) is 17.5 Å². The number of amides is 2. The Morgan fingerprint density at radius 3 is 2.57 bits per heavy atom. The van der Waals surface area contributed by atoms with Gasteiger partial charge in [0.25, 0.3) is 0 Å². The Hall–Kier alpha value is -4.16. The highest BCUT2D eigenvalue weighted by atomic mass is 19.4. The average Bonchev–Trinajstić information content (AvgIpc) is 3.48. The molecule has 37 heavy (non-hydrogen) atoms. The Labute approximate surface area is 207 Å². The van der Waals surface area contributed by atoms with Crippen molar-refractivity contribution in [3.63, 3.8) is 0 Å². The molecule has 2 aromatic rings. The lowest BCUT2D eigenvalue weighted by Crippen LogP contribution is -2.47. The largest absolute Gasteiger partial charge is 0.573 e. The summed E-state index contributed by atoms with van der Waals surface area (Å²) in [5.41, 5.74) is -0.543. The number of carbonyl (C=O) groups is 3. The van der Waals surface area contributed by atoms with Crippen LogP contribution in [0.3, 0.4) is 0 Å². The lowest BCUT2D eigenvalue weighted by molar-refractivity contribution is -0.275. The van der Waals surface area contributed by atoms with Gasteiger partial charge in [-0.2, -0.15) is 0 Å². The van der Waals surface area contributed by atoms with Gasteiger partial charge in [-0.15, -0.1) is 13.2 Å². The van der Waals surface area contributed by atoms with Gasteiger partial charge in [0.05, 0.1) is 12.2 Å². The second-order valence-electron chi connectivity index (χ2n) is 8.79. The molecule has 1 heterocycles. The fraction of sp³-hybridized carbons (Fsp3) is 0.333. The van der Waals surface area contributed by atoms with Gasteiger partial charge in [-0.1, -0.05) is 6.07 Å². The maximum absolute atomic E-state index is 14.5. The van der Waals surface area contributed by atoms with Crippen molar-refractivity contribution in [1.29, 1.82) is 5.41 Å². The second kappa shape index (κ2) is 9.71. The number of phenols is 1. The summed E-state index contributed by atoms with van der Waals surface area (Å²) in [5.74, 6) is -4.39. The predicted octanol–water partition coefficient (Wildman–Crippen LogP) is 3.43. The number of hydrogen-bond acceptors (Lipinski definition) is 7. The number of phenolic OH excluding ortho intramolecular Hbond substituents is 1. The molecule has 0 aromatic heterocycles. The summed E-state index contributed by atoms with van der Waals surface area (Å²) in [6, 6.07) is 5.70. The molecule has 3 unspecified atom stereocenters. The number of likely N-dealkylation sites (tertiary alicyclic amines) is 1. The zero-order valence-corrected chi connectivity index (χ0v) is 19.4. The molecule has 3 atom stereocenters.